The van der Waals surface area contributed by atoms with Gasteiger partial charge < -0.3 is 9.84 Å². The quantitative estimate of drug-likeness (QED) is 0.768. The van der Waals surface area contributed by atoms with Gasteiger partial charge in [-0.3, -0.25) is 0 Å². The molecule has 8 heteroatoms. The van der Waals surface area contributed by atoms with E-state index in [9.17, 15) is 17.9 Å². The van der Waals surface area contributed by atoms with Crippen molar-refractivity contribution in [1.29, 1.82) is 0 Å². The van der Waals surface area contributed by atoms with Crippen LogP contribution in [0.1, 0.15) is 30.0 Å². The maximum atomic E-state index is 13.0. The Morgan fingerprint density at radius 3 is 2.50 bits per heavy atom. The van der Waals surface area contributed by atoms with Crippen LogP contribution < -0.4 is 9.46 Å². The summed E-state index contributed by atoms with van der Waals surface area (Å²) in [6.45, 7) is 0. The van der Waals surface area contributed by atoms with E-state index in [2.05, 4.69) is 9.71 Å². The highest BCUT2D eigenvalue weighted by atomic mass is 32.2. The van der Waals surface area contributed by atoms with Crippen LogP contribution in [0.2, 0.25) is 0 Å². The summed E-state index contributed by atoms with van der Waals surface area (Å²) in [7, 11) is -2.16. The fourth-order valence-corrected chi connectivity index (χ4v) is 4.50. The molecule has 1 heterocycles. The molecule has 0 amide bonds. The van der Waals surface area contributed by atoms with E-state index in [0.717, 1.165) is 0 Å². The van der Waals surface area contributed by atoms with Crippen molar-refractivity contribution in [3.05, 3.63) is 59.5 Å². The van der Waals surface area contributed by atoms with Gasteiger partial charge in [0.2, 0.25) is 15.9 Å². The Hall–Kier alpha value is -2.03. The summed E-state index contributed by atoms with van der Waals surface area (Å²) >= 11 is 0. The highest BCUT2D eigenvalue weighted by Crippen LogP contribution is 2.38. The number of aliphatic hydroxyl groups is 1. The number of rotatable bonds is 7. The average Bonchev–Trinajstić information content (AvgIpc) is 2.59. The van der Waals surface area contributed by atoms with Crippen LogP contribution in [0.25, 0.3) is 0 Å². The fourth-order valence-electron chi connectivity index (χ4n) is 3.07. The molecular weight excluding hydrogens is 359 g/mol. The normalized spacial score (nSPS) is 21.0. The predicted octanol–water partition coefficient (Wildman–Crippen LogP) is 2.16. The second-order valence-electron chi connectivity index (χ2n) is 6.50. The Balaban J connectivity index is 1.78. The molecule has 1 aromatic heterocycles. The van der Waals surface area contributed by atoms with E-state index in [4.69, 9.17) is 4.74 Å². The Morgan fingerprint density at radius 1 is 1.27 bits per heavy atom. The van der Waals surface area contributed by atoms with Crippen molar-refractivity contribution in [3.63, 3.8) is 0 Å². The SMILES string of the molecule is COc1ccc([C@H](NS(=O)(=O)Cc2ccc(F)cc2)C2CC(O)C2)cn1. The zero-order valence-corrected chi connectivity index (χ0v) is 15.1. The van der Waals surface area contributed by atoms with Gasteiger partial charge in [-0.1, -0.05) is 18.2 Å². The molecule has 0 aliphatic heterocycles. The second kappa shape index (κ2) is 7.69. The molecule has 0 radical (unpaired) electrons. The molecular formula is C18H21FN2O4S. The molecule has 1 fully saturated rings. The molecule has 2 aromatic rings. The zero-order valence-electron chi connectivity index (χ0n) is 14.3. The second-order valence-corrected chi connectivity index (χ2v) is 8.25. The molecule has 0 bridgehead atoms. The summed E-state index contributed by atoms with van der Waals surface area (Å²) < 4.78 is 46.0. The minimum atomic E-state index is -3.66. The Morgan fingerprint density at radius 2 is 1.96 bits per heavy atom. The molecule has 3 rings (SSSR count). The number of sulfonamides is 1. The molecule has 0 saturated heterocycles. The smallest absolute Gasteiger partial charge is 0.216 e. The van der Waals surface area contributed by atoms with Crippen molar-refractivity contribution >= 4 is 10.0 Å². The van der Waals surface area contributed by atoms with Gasteiger partial charge in [0.15, 0.2) is 0 Å². The molecule has 26 heavy (non-hydrogen) atoms. The molecule has 0 spiro atoms. The molecule has 2 N–H and O–H groups in total. The topological polar surface area (TPSA) is 88.5 Å². The monoisotopic (exact) mass is 380 g/mol. The first-order valence-corrected chi connectivity index (χ1v) is 9.94. The molecule has 140 valence electrons. The third-order valence-corrected chi connectivity index (χ3v) is 5.85. The van der Waals surface area contributed by atoms with Crippen molar-refractivity contribution in [3.8, 4) is 5.88 Å². The largest absolute Gasteiger partial charge is 0.481 e. The highest BCUT2D eigenvalue weighted by Gasteiger charge is 2.37. The lowest BCUT2D eigenvalue weighted by Gasteiger charge is -2.38. The van der Waals surface area contributed by atoms with E-state index in [1.807, 2.05) is 0 Å². The van der Waals surface area contributed by atoms with Gasteiger partial charge in [-0.15, -0.1) is 0 Å². The summed E-state index contributed by atoms with van der Waals surface area (Å²) in [5, 5.41) is 9.61. The maximum absolute atomic E-state index is 13.0. The van der Waals surface area contributed by atoms with Gasteiger partial charge in [0, 0.05) is 12.3 Å². The van der Waals surface area contributed by atoms with Crippen LogP contribution in [-0.4, -0.2) is 31.7 Å². The third-order valence-electron chi connectivity index (χ3n) is 4.53. The van der Waals surface area contributed by atoms with Crippen LogP contribution in [0.5, 0.6) is 5.88 Å². The van der Waals surface area contributed by atoms with Crippen molar-refractivity contribution in [2.24, 2.45) is 5.92 Å². The molecule has 1 aliphatic rings. The van der Waals surface area contributed by atoms with Crippen molar-refractivity contribution < 1.29 is 22.7 Å². The summed E-state index contributed by atoms with van der Waals surface area (Å²) in [6.07, 6.45) is 2.22. The van der Waals surface area contributed by atoms with E-state index >= 15 is 0 Å². The van der Waals surface area contributed by atoms with Gasteiger partial charge in [-0.2, -0.15) is 0 Å². The fraction of sp³-hybridized carbons (Fsp3) is 0.389. The first kappa shape index (κ1) is 18.8. The summed E-state index contributed by atoms with van der Waals surface area (Å²) in [5.74, 6) is -0.230. The number of pyridine rings is 1. The van der Waals surface area contributed by atoms with Crippen LogP contribution in [-0.2, 0) is 15.8 Å². The van der Waals surface area contributed by atoms with Crippen molar-refractivity contribution in [1.82, 2.24) is 9.71 Å². The summed E-state index contributed by atoms with van der Waals surface area (Å²) in [6, 6.07) is 8.32. The van der Waals surface area contributed by atoms with E-state index in [-0.39, 0.29) is 11.7 Å². The zero-order chi connectivity index (χ0) is 18.7. The highest BCUT2D eigenvalue weighted by molar-refractivity contribution is 7.88. The molecule has 6 nitrogen and oxygen atoms in total. The van der Waals surface area contributed by atoms with Gasteiger partial charge in [-0.25, -0.2) is 22.5 Å². The van der Waals surface area contributed by atoms with Gasteiger partial charge >= 0.3 is 0 Å². The Kier molecular flexibility index (Phi) is 5.55. The minimum Gasteiger partial charge on any atom is -0.481 e. The third kappa shape index (κ3) is 4.57. The summed E-state index contributed by atoms with van der Waals surface area (Å²) in [5.41, 5.74) is 1.21. The number of methoxy groups -OCH3 is 1. The van der Waals surface area contributed by atoms with Gasteiger partial charge in [-0.05, 0) is 42.0 Å². The lowest BCUT2D eigenvalue weighted by Crippen LogP contribution is -2.41. The molecule has 0 unspecified atom stereocenters. The minimum absolute atomic E-state index is 0.0109. The standard InChI is InChI=1S/C18H21FN2O4S/c1-25-17-7-4-13(10-20-17)18(14-8-16(22)9-14)21-26(23,24)11-12-2-5-15(19)6-3-12/h2-7,10,14,16,18,21-22H,8-9,11H2,1H3/t14?,16?,18-/m0/s1. The van der Waals surface area contributed by atoms with E-state index in [0.29, 0.717) is 29.8 Å². The maximum Gasteiger partial charge on any atom is 0.216 e. The number of ether oxygens (including phenoxy) is 1. The van der Waals surface area contributed by atoms with E-state index in [1.54, 1.807) is 18.3 Å². The molecule has 1 aliphatic carbocycles. The van der Waals surface area contributed by atoms with Crippen molar-refractivity contribution in [2.75, 3.05) is 7.11 Å². The van der Waals surface area contributed by atoms with E-state index in [1.165, 1.54) is 31.4 Å². The first-order chi connectivity index (χ1) is 12.4. The van der Waals surface area contributed by atoms with Gasteiger partial charge in [0.1, 0.15) is 5.82 Å². The van der Waals surface area contributed by atoms with Crippen LogP contribution in [0, 0.1) is 11.7 Å². The van der Waals surface area contributed by atoms with Crippen LogP contribution in [0.15, 0.2) is 42.6 Å². The number of benzene rings is 1. The Labute approximate surface area is 152 Å². The lowest BCUT2D eigenvalue weighted by atomic mass is 9.76. The van der Waals surface area contributed by atoms with Crippen LogP contribution in [0.3, 0.4) is 0 Å². The van der Waals surface area contributed by atoms with E-state index < -0.39 is 28.0 Å². The van der Waals surface area contributed by atoms with Gasteiger partial charge in [0.25, 0.3) is 0 Å². The average molecular weight is 380 g/mol. The number of halogens is 1. The van der Waals surface area contributed by atoms with Crippen LogP contribution >= 0.6 is 0 Å². The first-order valence-electron chi connectivity index (χ1n) is 8.29. The van der Waals surface area contributed by atoms with Crippen LogP contribution in [0.4, 0.5) is 4.39 Å². The summed E-state index contributed by atoms with van der Waals surface area (Å²) in [4.78, 5) is 4.14. The van der Waals surface area contributed by atoms with Gasteiger partial charge in [0.05, 0.1) is 25.0 Å². The molecule has 1 saturated carbocycles. The lowest BCUT2D eigenvalue weighted by molar-refractivity contribution is 0.0279. The Bertz CT molecular complexity index is 834. The number of hydrogen-bond acceptors (Lipinski definition) is 5. The number of nitrogens with zero attached hydrogens (tertiary/aromatic N) is 1. The number of aliphatic hydroxyl groups excluding tert-OH is 1. The number of nitrogens with one attached hydrogen (secondary N) is 1. The predicted molar refractivity (Wildman–Crippen MR) is 94.4 cm³/mol. The molecule has 1 aromatic carbocycles. The van der Waals surface area contributed by atoms with Crippen molar-refractivity contribution in [2.45, 2.75) is 30.7 Å². The molecule has 1 atom stereocenters. The number of aromatic nitrogens is 1. The number of hydrogen-bond donors (Lipinski definition) is 2.